The van der Waals surface area contributed by atoms with Crippen molar-refractivity contribution in [3.8, 4) is 0 Å². The van der Waals surface area contributed by atoms with E-state index >= 15 is 0 Å². The van der Waals surface area contributed by atoms with Crippen LogP contribution in [0.5, 0.6) is 0 Å². The van der Waals surface area contributed by atoms with Gasteiger partial charge in [-0.2, -0.15) is 0 Å². The van der Waals surface area contributed by atoms with Gasteiger partial charge in [-0.1, -0.05) is 48.5 Å². The molecule has 4 nitrogen and oxygen atoms in total. The summed E-state index contributed by atoms with van der Waals surface area (Å²) in [7, 11) is -0.347. The molecule has 27 heavy (non-hydrogen) atoms. The lowest BCUT2D eigenvalue weighted by Crippen LogP contribution is -2.57. The van der Waals surface area contributed by atoms with Gasteiger partial charge in [0.1, 0.15) is 0 Å². The standard InChI is InChI=1S/C21H41O4Si2/c1-14(2)27(15(3)4,16(5)6)25-19(22)20(8)12-18-11-17(7)21(20,13-18)26(23-9)24-10/h14-18H,11-13H2,1-10H3. The number of hydrogen-bond acceptors (Lipinski definition) is 4. The van der Waals surface area contributed by atoms with E-state index in [0.717, 1.165) is 12.8 Å². The minimum absolute atomic E-state index is 0.0240. The fourth-order valence-electron chi connectivity index (χ4n) is 6.97. The molecule has 0 aromatic carbocycles. The van der Waals surface area contributed by atoms with Crippen LogP contribution in [0.4, 0.5) is 0 Å². The maximum absolute atomic E-state index is 13.9. The molecule has 0 spiro atoms. The van der Waals surface area contributed by atoms with E-state index in [1.54, 1.807) is 14.2 Å². The van der Waals surface area contributed by atoms with Gasteiger partial charge in [0.15, 0.2) is 0 Å². The first kappa shape index (κ1) is 23.1. The fourth-order valence-corrected chi connectivity index (χ4v) is 14.8. The van der Waals surface area contributed by atoms with Crippen LogP contribution in [0.25, 0.3) is 0 Å². The van der Waals surface area contributed by atoms with E-state index < -0.39 is 23.0 Å². The quantitative estimate of drug-likeness (QED) is 0.480. The summed E-state index contributed by atoms with van der Waals surface area (Å²) in [5.41, 5.74) is 0.678. The third-order valence-electron chi connectivity index (χ3n) is 7.98. The van der Waals surface area contributed by atoms with Crippen LogP contribution in [0.3, 0.4) is 0 Å². The molecule has 6 heteroatoms. The normalized spacial score (nSPS) is 33.7. The monoisotopic (exact) mass is 413 g/mol. The lowest BCUT2D eigenvalue weighted by Gasteiger charge is -2.50. The van der Waals surface area contributed by atoms with Crippen LogP contribution < -0.4 is 0 Å². The first-order valence-electron chi connectivity index (χ1n) is 10.6. The molecule has 2 aliphatic rings. The van der Waals surface area contributed by atoms with E-state index in [4.69, 9.17) is 13.3 Å². The van der Waals surface area contributed by atoms with Gasteiger partial charge in [0.25, 0.3) is 14.3 Å². The van der Waals surface area contributed by atoms with Crippen LogP contribution in [0.15, 0.2) is 0 Å². The second kappa shape index (κ2) is 7.92. The van der Waals surface area contributed by atoms with Crippen molar-refractivity contribution < 1.29 is 18.1 Å². The third-order valence-corrected chi connectivity index (χ3v) is 16.7. The van der Waals surface area contributed by atoms with Gasteiger partial charge in [-0.05, 0) is 54.6 Å². The summed E-state index contributed by atoms with van der Waals surface area (Å²) < 4.78 is 18.4. The smallest absolute Gasteiger partial charge is 0.392 e. The molecule has 0 saturated heterocycles. The van der Waals surface area contributed by atoms with Crippen molar-refractivity contribution in [3.63, 3.8) is 0 Å². The first-order chi connectivity index (χ1) is 12.4. The van der Waals surface area contributed by atoms with Gasteiger partial charge < -0.3 is 13.3 Å². The van der Waals surface area contributed by atoms with E-state index in [-0.39, 0.29) is 11.0 Å². The average molecular weight is 414 g/mol. The Bertz CT molecular complexity index is 525. The Morgan fingerprint density at radius 2 is 1.48 bits per heavy atom. The lowest BCUT2D eigenvalue weighted by molar-refractivity contribution is -0.150. The van der Waals surface area contributed by atoms with E-state index in [0.29, 0.717) is 28.5 Å². The molecule has 1 radical (unpaired) electrons. The SMILES string of the molecule is CO[Si](OC)C12CC(CC1C)CC2(C)C(=O)O[Si](C(C)C)(C(C)C)C(C)C. The maximum atomic E-state index is 13.9. The summed E-state index contributed by atoms with van der Waals surface area (Å²) in [6.45, 7) is 17.8. The summed E-state index contributed by atoms with van der Waals surface area (Å²) in [6.07, 6.45) is 3.12. The van der Waals surface area contributed by atoms with E-state index in [1.807, 2.05) is 0 Å². The maximum Gasteiger partial charge on any atom is 0.392 e. The highest BCUT2D eigenvalue weighted by Gasteiger charge is 2.72. The highest BCUT2D eigenvalue weighted by atomic mass is 28.4. The van der Waals surface area contributed by atoms with Crippen molar-refractivity contribution in [2.24, 2.45) is 17.3 Å². The molecule has 0 aromatic rings. The topological polar surface area (TPSA) is 44.8 Å². The summed E-state index contributed by atoms with van der Waals surface area (Å²) in [5, 5.41) is -0.200. The van der Waals surface area contributed by atoms with Crippen molar-refractivity contribution in [3.05, 3.63) is 0 Å². The molecule has 157 valence electrons. The molecular weight excluding hydrogens is 372 g/mol. The van der Waals surface area contributed by atoms with E-state index in [2.05, 4.69) is 55.4 Å². The van der Waals surface area contributed by atoms with Gasteiger partial charge >= 0.3 is 9.28 Å². The first-order valence-corrected chi connectivity index (χ1v) is 14.1. The number of fused-ring (bicyclic) bond motifs is 2. The zero-order valence-electron chi connectivity index (χ0n) is 19.1. The average Bonchev–Trinajstić information content (AvgIpc) is 3.04. The Kier molecular flexibility index (Phi) is 6.78. The molecule has 4 atom stereocenters. The minimum atomic E-state index is -2.26. The molecule has 2 aliphatic carbocycles. The highest BCUT2D eigenvalue weighted by molar-refractivity contribution is 6.79. The van der Waals surface area contributed by atoms with Crippen molar-refractivity contribution in [2.75, 3.05) is 14.2 Å². The van der Waals surface area contributed by atoms with Gasteiger partial charge in [0.05, 0.1) is 5.41 Å². The van der Waals surface area contributed by atoms with Crippen molar-refractivity contribution in [1.29, 1.82) is 0 Å². The van der Waals surface area contributed by atoms with Crippen LogP contribution in [0, 0.1) is 17.3 Å². The molecule has 0 aliphatic heterocycles. The van der Waals surface area contributed by atoms with Crippen LogP contribution in [0.1, 0.15) is 74.7 Å². The molecule has 2 fully saturated rings. The Balaban J connectivity index is 2.47. The minimum Gasteiger partial charge on any atom is -0.518 e. The lowest BCUT2D eigenvalue weighted by atomic mass is 9.69. The van der Waals surface area contributed by atoms with Crippen molar-refractivity contribution >= 4 is 23.6 Å². The molecule has 2 bridgehead atoms. The van der Waals surface area contributed by atoms with E-state index in [1.165, 1.54) is 6.42 Å². The van der Waals surface area contributed by atoms with Crippen LogP contribution in [-0.2, 0) is 18.1 Å². The molecule has 0 amide bonds. The summed E-state index contributed by atoms with van der Waals surface area (Å²) in [4.78, 5) is 13.9. The van der Waals surface area contributed by atoms with Gasteiger partial charge in [0, 0.05) is 19.3 Å². The predicted octanol–water partition coefficient (Wildman–Crippen LogP) is 5.68. The largest absolute Gasteiger partial charge is 0.518 e. The second-order valence-electron chi connectivity index (χ2n) is 10.1. The Hall–Kier alpha value is -0.176. The molecule has 0 heterocycles. The molecule has 2 rings (SSSR count). The molecule has 0 N–H and O–H groups in total. The van der Waals surface area contributed by atoms with Crippen LogP contribution >= 0.6 is 0 Å². The Morgan fingerprint density at radius 3 is 1.85 bits per heavy atom. The summed E-state index contributed by atoms with van der Waals surface area (Å²) >= 11 is 0. The van der Waals surface area contributed by atoms with Gasteiger partial charge in [-0.15, -0.1) is 0 Å². The fraction of sp³-hybridized carbons (Fsp3) is 0.952. The van der Waals surface area contributed by atoms with Gasteiger partial charge in [0.2, 0.25) is 0 Å². The summed E-state index contributed by atoms with van der Waals surface area (Å²) in [6, 6.07) is 0. The zero-order chi connectivity index (χ0) is 20.8. The Labute approximate surface area is 169 Å². The molecule has 4 unspecified atom stereocenters. The van der Waals surface area contributed by atoms with Crippen LogP contribution in [0.2, 0.25) is 21.7 Å². The molecular formula is C21H41O4Si2. The third kappa shape index (κ3) is 3.19. The highest BCUT2D eigenvalue weighted by Crippen LogP contribution is 2.73. The van der Waals surface area contributed by atoms with Crippen molar-refractivity contribution in [1.82, 2.24) is 0 Å². The number of hydrogen-bond donors (Lipinski definition) is 0. The number of carbonyl (C=O) groups is 1. The van der Waals surface area contributed by atoms with Crippen molar-refractivity contribution in [2.45, 2.75) is 96.3 Å². The summed E-state index contributed by atoms with van der Waals surface area (Å²) in [5.74, 6) is 1.03. The number of rotatable bonds is 8. The number of carbonyl (C=O) groups excluding carboxylic acids is 1. The predicted molar refractivity (Wildman–Crippen MR) is 114 cm³/mol. The molecule has 2 saturated carbocycles. The Morgan fingerprint density at radius 1 is 1.00 bits per heavy atom. The zero-order valence-corrected chi connectivity index (χ0v) is 21.1. The molecule has 0 aromatic heterocycles. The second-order valence-corrected chi connectivity index (χ2v) is 17.8. The van der Waals surface area contributed by atoms with Gasteiger partial charge in [-0.3, -0.25) is 4.79 Å². The van der Waals surface area contributed by atoms with Gasteiger partial charge in [-0.25, -0.2) is 0 Å². The van der Waals surface area contributed by atoms with E-state index in [9.17, 15) is 4.79 Å². The van der Waals surface area contributed by atoms with Crippen LogP contribution in [-0.4, -0.2) is 37.8 Å².